The number of amides is 1. The average molecular weight is 441 g/mol. The van der Waals surface area contributed by atoms with Crippen molar-refractivity contribution in [3.63, 3.8) is 0 Å². The van der Waals surface area contributed by atoms with Gasteiger partial charge < -0.3 is 5.32 Å². The second kappa shape index (κ2) is 9.41. The van der Waals surface area contributed by atoms with Crippen LogP contribution in [0.25, 0.3) is 0 Å². The molecular weight excluding hydrogens is 415 g/mol. The van der Waals surface area contributed by atoms with E-state index in [9.17, 15) is 17.6 Å². The molecule has 3 aromatic carbocycles. The van der Waals surface area contributed by atoms with Gasteiger partial charge in [0.2, 0.25) is 15.9 Å². The van der Waals surface area contributed by atoms with Crippen LogP contribution in [0.5, 0.6) is 0 Å². The Morgan fingerprint density at radius 1 is 0.903 bits per heavy atom. The molecule has 5 nitrogen and oxygen atoms in total. The van der Waals surface area contributed by atoms with Gasteiger partial charge in [-0.3, -0.25) is 4.79 Å². The maximum Gasteiger partial charge on any atom is 0.243 e. The van der Waals surface area contributed by atoms with E-state index in [1.54, 1.807) is 18.2 Å². The lowest BCUT2D eigenvalue weighted by Gasteiger charge is -2.23. The fourth-order valence-electron chi connectivity index (χ4n) is 3.25. The Balaban J connectivity index is 1.92. The van der Waals surface area contributed by atoms with Gasteiger partial charge in [-0.2, -0.15) is 4.31 Å². The number of carbonyl (C=O) groups is 1. The van der Waals surface area contributed by atoms with Gasteiger partial charge in [0.05, 0.1) is 11.4 Å². The molecule has 0 aliphatic carbocycles. The van der Waals surface area contributed by atoms with Crippen molar-refractivity contribution in [2.75, 3.05) is 11.9 Å². The quantitative estimate of drug-likeness (QED) is 0.585. The van der Waals surface area contributed by atoms with E-state index in [1.165, 1.54) is 30.3 Å². The molecule has 0 heterocycles. The van der Waals surface area contributed by atoms with E-state index < -0.39 is 28.3 Å². The maximum absolute atomic E-state index is 14.3. The second-order valence-electron chi connectivity index (χ2n) is 7.49. The van der Waals surface area contributed by atoms with Crippen molar-refractivity contribution in [2.24, 2.45) is 0 Å². The third-order valence-electron chi connectivity index (χ3n) is 5.03. The smallest absolute Gasteiger partial charge is 0.243 e. The molecule has 0 spiro atoms. The number of nitrogens with one attached hydrogen (secondary N) is 1. The van der Waals surface area contributed by atoms with Crippen LogP contribution < -0.4 is 5.32 Å². The van der Waals surface area contributed by atoms with Gasteiger partial charge in [0, 0.05) is 17.8 Å². The van der Waals surface area contributed by atoms with Crippen LogP contribution in [0.2, 0.25) is 0 Å². The summed E-state index contributed by atoms with van der Waals surface area (Å²) in [7, 11) is -4.03. The molecule has 31 heavy (non-hydrogen) atoms. The van der Waals surface area contributed by atoms with Crippen LogP contribution >= 0.6 is 0 Å². The first-order chi connectivity index (χ1) is 14.7. The summed E-state index contributed by atoms with van der Waals surface area (Å²) >= 11 is 0. The summed E-state index contributed by atoms with van der Waals surface area (Å²) in [4.78, 5) is 12.9. The van der Waals surface area contributed by atoms with Crippen LogP contribution in [0.15, 0.2) is 71.6 Å². The summed E-state index contributed by atoms with van der Waals surface area (Å²) in [5, 5.41) is 2.80. The Kier molecular flexibility index (Phi) is 6.87. The van der Waals surface area contributed by atoms with Crippen LogP contribution in [-0.2, 0) is 21.4 Å². The number of nitrogens with zero attached hydrogens (tertiary/aromatic N) is 1. The first kappa shape index (κ1) is 22.7. The van der Waals surface area contributed by atoms with Gasteiger partial charge in [-0.1, -0.05) is 54.1 Å². The summed E-state index contributed by atoms with van der Waals surface area (Å²) in [5.41, 5.74) is 3.49. The first-order valence-corrected chi connectivity index (χ1v) is 11.3. The zero-order valence-corrected chi connectivity index (χ0v) is 18.5. The molecule has 0 atom stereocenters. The molecule has 0 saturated heterocycles. The van der Waals surface area contributed by atoms with E-state index in [-0.39, 0.29) is 17.0 Å². The highest BCUT2D eigenvalue weighted by molar-refractivity contribution is 7.89. The minimum atomic E-state index is -4.03. The summed E-state index contributed by atoms with van der Waals surface area (Å²) in [6, 6.07) is 17.9. The summed E-state index contributed by atoms with van der Waals surface area (Å²) in [6.07, 6.45) is 0. The Bertz CT molecular complexity index is 1170. The molecule has 3 rings (SSSR count). The molecule has 7 heteroatoms. The third-order valence-corrected chi connectivity index (χ3v) is 6.83. The van der Waals surface area contributed by atoms with Gasteiger partial charge >= 0.3 is 0 Å². The Labute approximate surface area is 182 Å². The molecule has 3 aromatic rings. The summed E-state index contributed by atoms with van der Waals surface area (Å²) < 4.78 is 41.9. The predicted molar refractivity (Wildman–Crippen MR) is 120 cm³/mol. The normalized spacial score (nSPS) is 11.5. The van der Waals surface area contributed by atoms with Crippen LogP contribution in [0.4, 0.5) is 10.1 Å². The van der Waals surface area contributed by atoms with Crippen molar-refractivity contribution in [1.82, 2.24) is 4.31 Å². The number of hydrogen-bond donors (Lipinski definition) is 1. The molecule has 0 unspecified atom stereocenters. The van der Waals surface area contributed by atoms with Crippen molar-refractivity contribution >= 4 is 21.6 Å². The number of aryl methyl sites for hydroxylation is 3. The van der Waals surface area contributed by atoms with E-state index in [0.29, 0.717) is 5.69 Å². The first-order valence-electron chi connectivity index (χ1n) is 9.85. The maximum atomic E-state index is 14.3. The van der Waals surface area contributed by atoms with E-state index in [1.807, 2.05) is 39.0 Å². The SMILES string of the molecule is Cc1ccc(S(=O)(=O)N(CC(=O)Nc2c(C)cccc2C)Cc2ccccc2F)cc1. The molecule has 0 aliphatic heterocycles. The zero-order chi connectivity index (χ0) is 22.6. The minimum Gasteiger partial charge on any atom is -0.324 e. The van der Waals surface area contributed by atoms with E-state index in [4.69, 9.17) is 0 Å². The third kappa shape index (κ3) is 5.37. The number of halogens is 1. The Morgan fingerprint density at radius 3 is 2.13 bits per heavy atom. The van der Waals surface area contributed by atoms with E-state index in [2.05, 4.69) is 5.32 Å². The average Bonchev–Trinajstić information content (AvgIpc) is 2.72. The molecule has 162 valence electrons. The number of rotatable bonds is 7. The number of hydrogen-bond acceptors (Lipinski definition) is 3. The van der Waals surface area contributed by atoms with Crippen LogP contribution in [0.3, 0.4) is 0 Å². The monoisotopic (exact) mass is 440 g/mol. The highest BCUT2D eigenvalue weighted by atomic mass is 32.2. The molecule has 0 aromatic heterocycles. The highest BCUT2D eigenvalue weighted by Crippen LogP contribution is 2.22. The van der Waals surface area contributed by atoms with Crippen LogP contribution in [0.1, 0.15) is 22.3 Å². The lowest BCUT2D eigenvalue weighted by Crippen LogP contribution is -2.38. The van der Waals surface area contributed by atoms with Crippen LogP contribution in [0, 0.1) is 26.6 Å². The number of anilines is 1. The van der Waals surface area contributed by atoms with E-state index >= 15 is 0 Å². The number of carbonyl (C=O) groups excluding carboxylic acids is 1. The molecule has 0 radical (unpaired) electrons. The summed E-state index contributed by atoms with van der Waals surface area (Å²) in [6.45, 7) is 4.87. The van der Waals surface area contributed by atoms with Gasteiger partial charge in [0.15, 0.2) is 0 Å². The highest BCUT2D eigenvalue weighted by Gasteiger charge is 2.28. The molecule has 0 saturated carbocycles. The largest absolute Gasteiger partial charge is 0.324 e. The van der Waals surface area contributed by atoms with Crippen molar-refractivity contribution in [1.29, 1.82) is 0 Å². The van der Waals surface area contributed by atoms with Gasteiger partial charge in [-0.05, 0) is 50.1 Å². The predicted octanol–water partition coefficient (Wildman–Crippen LogP) is 4.58. The van der Waals surface area contributed by atoms with Crippen molar-refractivity contribution < 1.29 is 17.6 Å². The molecular formula is C24H25FN2O3S. The molecule has 1 N–H and O–H groups in total. The van der Waals surface area contributed by atoms with Gasteiger partial charge in [0.1, 0.15) is 5.82 Å². The lowest BCUT2D eigenvalue weighted by atomic mass is 10.1. The fourth-order valence-corrected chi connectivity index (χ4v) is 4.63. The van der Waals surface area contributed by atoms with Crippen molar-refractivity contribution in [3.8, 4) is 0 Å². The van der Waals surface area contributed by atoms with Gasteiger partial charge in [-0.15, -0.1) is 0 Å². The van der Waals surface area contributed by atoms with Crippen LogP contribution in [-0.4, -0.2) is 25.2 Å². The van der Waals surface area contributed by atoms with Gasteiger partial charge in [0.25, 0.3) is 0 Å². The topological polar surface area (TPSA) is 66.5 Å². The molecule has 0 aliphatic rings. The Hall–Kier alpha value is -3.03. The molecule has 1 amide bonds. The van der Waals surface area contributed by atoms with E-state index in [0.717, 1.165) is 21.0 Å². The number of sulfonamides is 1. The fraction of sp³-hybridized carbons (Fsp3) is 0.208. The molecule has 0 fully saturated rings. The number of benzene rings is 3. The number of para-hydroxylation sites is 1. The second-order valence-corrected chi connectivity index (χ2v) is 9.43. The minimum absolute atomic E-state index is 0.0503. The van der Waals surface area contributed by atoms with Crippen molar-refractivity contribution in [2.45, 2.75) is 32.2 Å². The standard InChI is InChI=1S/C24H25FN2O3S/c1-17-11-13-21(14-12-17)31(29,30)27(15-20-9-4-5-10-22(20)25)16-23(28)26-24-18(2)7-6-8-19(24)3/h4-14H,15-16H2,1-3H3,(H,26,28). The molecule has 0 bridgehead atoms. The summed E-state index contributed by atoms with van der Waals surface area (Å²) in [5.74, 6) is -1.02. The zero-order valence-electron chi connectivity index (χ0n) is 17.7. The Morgan fingerprint density at radius 2 is 1.52 bits per heavy atom. The van der Waals surface area contributed by atoms with Gasteiger partial charge in [-0.25, -0.2) is 12.8 Å². The lowest BCUT2D eigenvalue weighted by molar-refractivity contribution is -0.116. The van der Waals surface area contributed by atoms with Crippen molar-refractivity contribution in [3.05, 3.63) is 94.8 Å².